The summed E-state index contributed by atoms with van der Waals surface area (Å²) in [7, 11) is 1.70. The summed E-state index contributed by atoms with van der Waals surface area (Å²) in [6.07, 6.45) is 8.54. The number of carbonyl (C=O) groups excluding carboxylic acids is 4. The van der Waals surface area contributed by atoms with E-state index in [0.29, 0.717) is 31.4 Å². The number of amides is 3. The van der Waals surface area contributed by atoms with E-state index in [2.05, 4.69) is 13.2 Å². The highest BCUT2D eigenvalue weighted by Gasteiger charge is 2.76. The summed E-state index contributed by atoms with van der Waals surface area (Å²) in [5.74, 6) is -3.29. The number of allylic oxidation sites excluding steroid dienone is 1. The lowest BCUT2D eigenvalue weighted by Crippen LogP contribution is -2.59. The molecular formula is C42H53N3O7. The normalized spacial score (nSPS) is 27.0. The van der Waals surface area contributed by atoms with E-state index in [4.69, 9.17) is 9.47 Å². The molecule has 0 radical (unpaired) electrons. The van der Waals surface area contributed by atoms with Crippen LogP contribution in [-0.4, -0.2) is 93.5 Å². The molecule has 1 spiro atoms. The quantitative estimate of drug-likeness (QED) is 0.191. The Morgan fingerprint density at radius 1 is 1.00 bits per heavy atom. The number of rotatable bonds is 15. The molecule has 10 heteroatoms. The van der Waals surface area contributed by atoms with E-state index in [-0.39, 0.29) is 24.3 Å². The standard InChI is InChI=1S/C42H53N3O7/c1-5-7-23-34(47)43(4)28(3)37(30-19-13-9-14-20-30)51-41(50)35-33-24-25-42(52-33)36(35)39(48)45(32(27-46)29-17-11-8-12-18-29)38(42)40(49)44(26-6-2)31-21-15-10-16-22-31/h5-6,8-9,11-14,17-20,28,31-33,35-38,46H,1-2,7,10,15-16,21-27H2,3-4H3/t28-,32+,33+,35-,36-,37+,38+,42-/m0/s1. The molecule has 3 aliphatic heterocycles. The van der Waals surface area contributed by atoms with Gasteiger partial charge in [-0.25, -0.2) is 0 Å². The van der Waals surface area contributed by atoms with Crippen molar-refractivity contribution in [1.82, 2.24) is 14.7 Å². The summed E-state index contributed by atoms with van der Waals surface area (Å²) >= 11 is 0. The van der Waals surface area contributed by atoms with Gasteiger partial charge in [0.15, 0.2) is 0 Å². The third kappa shape index (κ3) is 6.83. The summed E-state index contributed by atoms with van der Waals surface area (Å²) < 4.78 is 13.2. The van der Waals surface area contributed by atoms with Gasteiger partial charge in [0.25, 0.3) is 0 Å². The second-order valence-electron chi connectivity index (χ2n) is 14.8. The summed E-state index contributed by atoms with van der Waals surface area (Å²) in [6.45, 7) is 9.44. The van der Waals surface area contributed by atoms with Gasteiger partial charge in [-0.2, -0.15) is 0 Å². The van der Waals surface area contributed by atoms with Crippen LogP contribution in [0.15, 0.2) is 86.0 Å². The van der Waals surface area contributed by atoms with Crippen LogP contribution in [0.4, 0.5) is 0 Å². The van der Waals surface area contributed by atoms with Crippen LogP contribution in [0.25, 0.3) is 0 Å². The number of benzene rings is 2. The van der Waals surface area contributed by atoms with Gasteiger partial charge in [0, 0.05) is 26.1 Å². The fourth-order valence-electron chi connectivity index (χ4n) is 9.23. The molecule has 2 bridgehead atoms. The molecule has 4 fully saturated rings. The Bertz CT molecular complexity index is 1610. The van der Waals surface area contributed by atoms with Crippen LogP contribution >= 0.6 is 0 Å². The first-order chi connectivity index (χ1) is 25.2. The third-order valence-corrected chi connectivity index (χ3v) is 11.9. The third-order valence-electron chi connectivity index (χ3n) is 11.9. The number of fused-ring (bicyclic) bond motifs is 1. The molecule has 0 aromatic heterocycles. The van der Waals surface area contributed by atoms with Crippen molar-refractivity contribution >= 4 is 23.7 Å². The van der Waals surface area contributed by atoms with Gasteiger partial charge in [0.2, 0.25) is 17.7 Å². The van der Waals surface area contributed by atoms with Crippen LogP contribution in [-0.2, 0) is 28.7 Å². The van der Waals surface area contributed by atoms with E-state index >= 15 is 4.79 Å². The van der Waals surface area contributed by atoms with E-state index < -0.39 is 66.3 Å². The topological polar surface area (TPSA) is 117 Å². The largest absolute Gasteiger partial charge is 0.455 e. The molecule has 3 heterocycles. The van der Waals surface area contributed by atoms with Crippen LogP contribution in [0, 0.1) is 11.8 Å². The maximum absolute atomic E-state index is 15.1. The van der Waals surface area contributed by atoms with Crippen molar-refractivity contribution in [3.63, 3.8) is 0 Å². The Hall–Kier alpha value is -4.28. The lowest BCUT2D eigenvalue weighted by molar-refractivity contribution is -0.165. The van der Waals surface area contributed by atoms with E-state index in [9.17, 15) is 19.5 Å². The average Bonchev–Trinajstić information content (AvgIpc) is 3.83. The van der Waals surface area contributed by atoms with Gasteiger partial charge < -0.3 is 29.3 Å². The number of nitrogens with zero attached hydrogens (tertiary/aromatic N) is 3. The zero-order chi connectivity index (χ0) is 37.0. The summed E-state index contributed by atoms with van der Waals surface area (Å²) in [5.41, 5.74) is 0.135. The smallest absolute Gasteiger partial charge is 0.313 e. The Labute approximate surface area is 307 Å². The minimum absolute atomic E-state index is 0.00498. The monoisotopic (exact) mass is 711 g/mol. The highest BCUT2D eigenvalue weighted by atomic mass is 16.6. The molecule has 3 saturated heterocycles. The summed E-state index contributed by atoms with van der Waals surface area (Å²) in [4.78, 5) is 62.7. The second-order valence-corrected chi connectivity index (χ2v) is 14.8. The lowest BCUT2D eigenvalue weighted by Gasteiger charge is -2.42. The minimum atomic E-state index is -1.27. The van der Waals surface area contributed by atoms with E-state index in [1.54, 1.807) is 24.1 Å². The SMILES string of the molecule is C=CCCC(=O)N(C)[C@@H](C)[C@@H](OC(=O)[C@@H]1[C@H]2C(=O)N([C@H](CO)c3ccccc3)[C@H](C(=O)N(CC=C)C3CCCCC3)[C@]23CC[C@H]1O3)c1ccccc1. The Morgan fingerprint density at radius 3 is 2.27 bits per heavy atom. The highest BCUT2D eigenvalue weighted by Crippen LogP contribution is 2.60. The fourth-order valence-corrected chi connectivity index (χ4v) is 9.23. The predicted molar refractivity (Wildman–Crippen MR) is 196 cm³/mol. The number of hydrogen-bond acceptors (Lipinski definition) is 7. The number of ether oxygens (including phenoxy) is 2. The maximum atomic E-state index is 15.1. The lowest BCUT2D eigenvalue weighted by atomic mass is 9.70. The van der Waals surface area contributed by atoms with Crippen molar-refractivity contribution in [3.8, 4) is 0 Å². The van der Waals surface area contributed by atoms with Crippen molar-refractivity contribution < 1.29 is 33.8 Å². The predicted octanol–water partition coefficient (Wildman–Crippen LogP) is 5.54. The first-order valence-corrected chi connectivity index (χ1v) is 18.9. The minimum Gasteiger partial charge on any atom is -0.455 e. The van der Waals surface area contributed by atoms with Crippen LogP contribution in [0.2, 0.25) is 0 Å². The number of carbonyl (C=O) groups is 4. The number of aliphatic hydroxyl groups excluding tert-OH is 1. The Balaban J connectivity index is 1.37. The van der Waals surface area contributed by atoms with Gasteiger partial charge in [-0.3, -0.25) is 19.2 Å². The molecule has 4 aliphatic rings. The molecule has 278 valence electrons. The zero-order valence-corrected chi connectivity index (χ0v) is 30.5. The molecule has 52 heavy (non-hydrogen) atoms. The summed E-state index contributed by atoms with van der Waals surface area (Å²) in [5, 5.41) is 10.9. The maximum Gasteiger partial charge on any atom is 0.313 e. The van der Waals surface area contributed by atoms with Crippen LogP contribution in [0.3, 0.4) is 0 Å². The number of likely N-dealkylation sites (N-methyl/N-ethyl adjacent to an activating group) is 1. The number of aliphatic hydroxyl groups is 1. The molecule has 1 N–H and O–H groups in total. The van der Waals surface area contributed by atoms with Gasteiger partial charge >= 0.3 is 5.97 Å². The van der Waals surface area contributed by atoms with Crippen molar-refractivity contribution in [2.45, 2.75) is 107 Å². The van der Waals surface area contributed by atoms with Crippen LogP contribution in [0.1, 0.15) is 88.0 Å². The first kappa shape index (κ1) is 37.5. The molecule has 2 aromatic carbocycles. The molecule has 6 rings (SSSR count). The molecule has 8 atom stereocenters. The Morgan fingerprint density at radius 2 is 1.65 bits per heavy atom. The molecule has 3 amide bonds. The van der Waals surface area contributed by atoms with Crippen molar-refractivity contribution in [1.29, 1.82) is 0 Å². The van der Waals surface area contributed by atoms with Crippen molar-refractivity contribution in [2.75, 3.05) is 20.2 Å². The highest BCUT2D eigenvalue weighted by molar-refractivity contribution is 5.98. The average molecular weight is 712 g/mol. The van der Waals surface area contributed by atoms with Crippen molar-refractivity contribution in [3.05, 3.63) is 97.1 Å². The van der Waals surface area contributed by atoms with Crippen LogP contribution < -0.4 is 0 Å². The number of likely N-dealkylation sites (tertiary alicyclic amines) is 1. The van der Waals surface area contributed by atoms with Gasteiger partial charge in [0.05, 0.1) is 36.6 Å². The molecular weight excluding hydrogens is 658 g/mol. The Kier molecular flexibility index (Phi) is 11.7. The number of esters is 1. The second kappa shape index (κ2) is 16.2. The summed E-state index contributed by atoms with van der Waals surface area (Å²) in [6, 6.07) is 16.1. The number of hydrogen-bond donors (Lipinski definition) is 1. The first-order valence-electron chi connectivity index (χ1n) is 18.9. The molecule has 10 nitrogen and oxygen atoms in total. The molecule has 2 aromatic rings. The van der Waals surface area contributed by atoms with Gasteiger partial charge in [-0.1, -0.05) is 92.1 Å². The van der Waals surface area contributed by atoms with E-state index in [1.807, 2.05) is 72.5 Å². The van der Waals surface area contributed by atoms with Gasteiger partial charge in [-0.15, -0.1) is 13.2 Å². The van der Waals surface area contributed by atoms with Crippen molar-refractivity contribution in [2.24, 2.45) is 11.8 Å². The molecule has 0 unspecified atom stereocenters. The van der Waals surface area contributed by atoms with Crippen LogP contribution in [0.5, 0.6) is 0 Å². The zero-order valence-electron chi connectivity index (χ0n) is 30.5. The fraction of sp³-hybridized carbons (Fsp3) is 0.524. The molecule has 1 aliphatic carbocycles. The van der Waals surface area contributed by atoms with Gasteiger partial charge in [-0.05, 0) is 50.2 Å². The molecule has 1 saturated carbocycles. The van der Waals surface area contributed by atoms with E-state index in [1.165, 1.54) is 4.90 Å². The van der Waals surface area contributed by atoms with E-state index in [0.717, 1.165) is 37.7 Å². The van der Waals surface area contributed by atoms with Gasteiger partial charge in [0.1, 0.15) is 17.7 Å².